The van der Waals surface area contributed by atoms with Crippen LogP contribution in [0.2, 0.25) is 0 Å². The minimum atomic E-state index is 0.222. The Balaban J connectivity index is 2.30. The van der Waals surface area contributed by atoms with Crippen LogP contribution in [0, 0.1) is 0 Å². The molecule has 1 aromatic carbocycles. The van der Waals surface area contributed by atoms with Crippen molar-refractivity contribution in [2.75, 3.05) is 0 Å². The number of aryl methyl sites for hydroxylation is 1. The summed E-state index contributed by atoms with van der Waals surface area (Å²) in [5.41, 5.74) is 2.44. The molecule has 1 N–H and O–H groups in total. The van der Waals surface area contributed by atoms with E-state index >= 15 is 0 Å². The van der Waals surface area contributed by atoms with Gasteiger partial charge in [0.15, 0.2) is 0 Å². The molecule has 0 aliphatic heterocycles. The number of aromatic hydroxyl groups is 1. The average Bonchev–Trinajstić information content (AvgIpc) is 2.74. The standard InChI is InChI=1S/C13H11N3O/c1-16-12(4-6-15-16)10-7-9-3-2-5-14-11(9)8-13(10)17/h2-8,17H,1H3. The van der Waals surface area contributed by atoms with Gasteiger partial charge in [-0.1, -0.05) is 6.07 Å². The van der Waals surface area contributed by atoms with E-state index in [0.717, 1.165) is 22.2 Å². The number of hydrogen-bond donors (Lipinski definition) is 1. The molecule has 0 bridgehead atoms. The van der Waals surface area contributed by atoms with Crippen LogP contribution in [0.15, 0.2) is 42.7 Å². The minimum Gasteiger partial charge on any atom is -0.507 e. The molecule has 84 valence electrons. The van der Waals surface area contributed by atoms with E-state index in [1.54, 1.807) is 23.1 Å². The lowest BCUT2D eigenvalue weighted by Gasteiger charge is -2.06. The Morgan fingerprint density at radius 2 is 2.06 bits per heavy atom. The molecule has 0 atom stereocenters. The van der Waals surface area contributed by atoms with Crippen molar-refractivity contribution in [2.24, 2.45) is 7.05 Å². The molecule has 0 aliphatic rings. The molecule has 0 saturated carbocycles. The summed E-state index contributed by atoms with van der Waals surface area (Å²) < 4.78 is 1.73. The van der Waals surface area contributed by atoms with Crippen LogP contribution >= 0.6 is 0 Å². The van der Waals surface area contributed by atoms with Crippen LogP contribution in [0.25, 0.3) is 22.2 Å². The zero-order valence-electron chi connectivity index (χ0n) is 9.33. The van der Waals surface area contributed by atoms with Gasteiger partial charge in [-0.3, -0.25) is 9.67 Å². The van der Waals surface area contributed by atoms with Crippen LogP contribution in [0.5, 0.6) is 5.75 Å². The lowest BCUT2D eigenvalue weighted by molar-refractivity contribution is 0.477. The molecule has 0 unspecified atom stereocenters. The Bertz CT molecular complexity index is 688. The van der Waals surface area contributed by atoms with E-state index in [9.17, 15) is 5.11 Å². The number of aromatic nitrogens is 3. The lowest BCUT2D eigenvalue weighted by atomic mass is 10.1. The lowest BCUT2D eigenvalue weighted by Crippen LogP contribution is -1.93. The van der Waals surface area contributed by atoms with E-state index in [0.29, 0.717) is 0 Å². The first kappa shape index (κ1) is 9.84. The Morgan fingerprint density at radius 1 is 1.18 bits per heavy atom. The van der Waals surface area contributed by atoms with Crippen molar-refractivity contribution < 1.29 is 5.11 Å². The van der Waals surface area contributed by atoms with E-state index < -0.39 is 0 Å². The van der Waals surface area contributed by atoms with E-state index in [1.165, 1.54) is 0 Å². The SMILES string of the molecule is Cn1nccc1-c1cc2cccnc2cc1O. The molecule has 0 amide bonds. The second-order valence-electron chi connectivity index (χ2n) is 3.91. The van der Waals surface area contributed by atoms with Gasteiger partial charge in [0, 0.05) is 36.5 Å². The number of pyridine rings is 1. The minimum absolute atomic E-state index is 0.222. The Kier molecular flexibility index (Phi) is 2.08. The van der Waals surface area contributed by atoms with Crippen LogP contribution in [0.1, 0.15) is 0 Å². The monoisotopic (exact) mass is 225 g/mol. The number of hydrogen-bond acceptors (Lipinski definition) is 3. The molecule has 17 heavy (non-hydrogen) atoms. The average molecular weight is 225 g/mol. The fraction of sp³-hybridized carbons (Fsp3) is 0.0769. The van der Waals surface area contributed by atoms with Gasteiger partial charge in [0.1, 0.15) is 5.75 Å². The van der Waals surface area contributed by atoms with Gasteiger partial charge in [0.25, 0.3) is 0 Å². The van der Waals surface area contributed by atoms with Crippen molar-refractivity contribution in [1.29, 1.82) is 0 Å². The number of fused-ring (bicyclic) bond motifs is 1. The first-order chi connectivity index (χ1) is 8.25. The molecule has 0 saturated heterocycles. The number of phenolic OH excluding ortho intramolecular Hbond substituents is 1. The third-order valence-corrected chi connectivity index (χ3v) is 2.82. The predicted molar refractivity (Wildman–Crippen MR) is 65.6 cm³/mol. The van der Waals surface area contributed by atoms with E-state index in [2.05, 4.69) is 10.1 Å². The Hall–Kier alpha value is -2.36. The highest BCUT2D eigenvalue weighted by Crippen LogP contribution is 2.31. The third kappa shape index (κ3) is 1.54. The number of benzene rings is 1. The van der Waals surface area contributed by atoms with Gasteiger partial charge in [-0.15, -0.1) is 0 Å². The van der Waals surface area contributed by atoms with Gasteiger partial charge in [-0.05, 0) is 18.2 Å². The second kappa shape index (κ2) is 3.59. The summed E-state index contributed by atoms with van der Waals surface area (Å²) in [5, 5.41) is 15.1. The summed E-state index contributed by atoms with van der Waals surface area (Å²) >= 11 is 0. The first-order valence-corrected chi connectivity index (χ1v) is 5.32. The summed E-state index contributed by atoms with van der Waals surface area (Å²) in [7, 11) is 1.85. The molecule has 2 aromatic heterocycles. The molecule has 4 nitrogen and oxygen atoms in total. The first-order valence-electron chi connectivity index (χ1n) is 5.32. The molecular formula is C13H11N3O. The molecule has 3 aromatic rings. The number of nitrogens with zero attached hydrogens (tertiary/aromatic N) is 3. The van der Waals surface area contributed by atoms with Gasteiger partial charge in [0.05, 0.1) is 11.2 Å². The number of rotatable bonds is 1. The molecule has 0 spiro atoms. The predicted octanol–water partition coefficient (Wildman–Crippen LogP) is 2.34. The smallest absolute Gasteiger partial charge is 0.127 e. The molecule has 3 rings (SSSR count). The summed E-state index contributed by atoms with van der Waals surface area (Å²) in [6, 6.07) is 9.33. The summed E-state index contributed by atoms with van der Waals surface area (Å²) in [6.07, 6.45) is 3.42. The quantitative estimate of drug-likeness (QED) is 0.691. The Morgan fingerprint density at radius 3 is 2.82 bits per heavy atom. The van der Waals surface area contributed by atoms with E-state index in [4.69, 9.17) is 0 Å². The van der Waals surface area contributed by atoms with Crippen molar-refractivity contribution in [2.45, 2.75) is 0 Å². The highest BCUT2D eigenvalue weighted by molar-refractivity contribution is 5.87. The summed E-state index contributed by atoms with van der Waals surface area (Å²) in [6.45, 7) is 0. The van der Waals surface area contributed by atoms with Crippen molar-refractivity contribution in [3.05, 3.63) is 42.7 Å². The topological polar surface area (TPSA) is 50.9 Å². The fourth-order valence-corrected chi connectivity index (χ4v) is 1.95. The van der Waals surface area contributed by atoms with Crippen molar-refractivity contribution in [1.82, 2.24) is 14.8 Å². The maximum absolute atomic E-state index is 10.0. The zero-order valence-corrected chi connectivity index (χ0v) is 9.33. The molecule has 0 radical (unpaired) electrons. The van der Waals surface area contributed by atoms with E-state index in [1.807, 2.05) is 31.3 Å². The maximum atomic E-state index is 10.0. The van der Waals surface area contributed by atoms with Gasteiger partial charge >= 0.3 is 0 Å². The van der Waals surface area contributed by atoms with Gasteiger partial charge < -0.3 is 5.11 Å². The van der Waals surface area contributed by atoms with Gasteiger partial charge in [-0.2, -0.15) is 5.10 Å². The fourth-order valence-electron chi connectivity index (χ4n) is 1.95. The molecular weight excluding hydrogens is 214 g/mol. The Labute approximate surface area is 98.2 Å². The molecule has 0 aliphatic carbocycles. The van der Waals surface area contributed by atoms with Crippen LogP contribution in [-0.2, 0) is 7.05 Å². The highest BCUT2D eigenvalue weighted by atomic mass is 16.3. The van der Waals surface area contributed by atoms with Gasteiger partial charge in [-0.25, -0.2) is 0 Å². The van der Waals surface area contributed by atoms with Crippen LogP contribution in [0.3, 0.4) is 0 Å². The second-order valence-corrected chi connectivity index (χ2v) is 3.91. The third-order valence-electron chi connectivity index (χ3n) is 2.82. The van der Waals surface area contributed by atoms with Gasteiger partial charge in [0.2, 0.25) is 0 Å². The van der Waals surface area contributed by atoms with Crippen molar-refractivity contribution in [3.63, 3.8) is 0 Å². The largest absolute Gasteiger partial charge is 0.507 e. The normalized spacial score (nSPS) is 10.9. The maximum Gasteiger partial charge on any atom is 0.127 e. The van der Waals surface area contributed by atoms with Crippen LogP contribution < -0.4 is 0 Å². The van der Waals surface area contributed by atoms with Crippen molar-refractivity contribution in [3.8, 4) is 17.0 Å². The molecule has 4 heteroatoms. The van der Waals surface area contributed by atoms with E-state index in [-0.39, 0.29) is 5.75 Å². The molecule has 2 heterocycles. The van der Waals surface area contributed by atoms with Crippen LogP contribution in [-0.4, -0.2) is 19.9 Å². The summed E-state index contributed by atoms with van der Waals surface area (Å²) in [4.78, 5) is 4.20. The summed E-state index contributed by atoms with van der Waals surface area (Å²) in [5.74, 6) is 0.222. The van der Waals surface area contributed by atoms with Crippen LogP contribution in [0.4, 0.5) is 0 Å². The molecule has 0 fully saturated rings. The highest BCUT2D eigenvalue weighted by Gasteiger charge is 2.09. The van der Waals surface area contributed by atoms with Crippen molar-refractivity contribution >= 4 is 10.9 Å². The number of phenols is 1. The zero-order chi connectivity index (χ0) is 11.8.